The summed E-state index contributed by atoms with van der Waals surface area (Å²) in [5.74, 6) is -0.784. The molecule has 0 spiro atoms. The summed E-state index contributed by atoms with van der Waals surface area (Å²) in [7, 11) is 0. The van der Waals surface area contributed by atoms with Gasteiger partial charge in [0.05, 0.1) is 16.2 Å². The van der Waals surface area contributed by atoms with E-state index in [1.165, 1.54) is 42.6 Å². The van der Waals surface area contributed by atoms with Crippen LogP contribution in [0.2, 0.25) is 10.0 Å². The maximum Gasteiger partial charge on any atom is 0.271 e. The number of hydrogen-bond acceptors (Lipinski definition) is 5. The number of aromatic hydroxyl groups is 1. The van der Waals surface area contributed by atoms with Gasteiger partial charge in [0.15, 0.2) is 0 Å². The zero-order valence-corrected chi connectivity index (χ0v) is 12.9. The second-order valence-electron chi connectivity index (χ2n) is 4.33. The lowest BCUT2D eigenvalue weighted by molar-refractivity contribution is -0.384. The summed E-state index contributed by atoms with van der Waals surface area (Å²) in [4.78, 5) is 21.8. The van der Waals surface area contributed by atoms with Crippen LogP contribution in [0.25, 0.3) is 0 Å². The van der Waals surface area contributed by atoms with Gasteiger partial charge in [-0.1, -0.05) is 23.2 Å². The number of hydrazone groups is 1. The molecule has 2 aromatic rings. The van der Waals surface area contributed by atoms with Gasteiger partial charge in [0, 0.05) is 28.3 Å². The average molecular weight is 354 g/mol. The molecule has 118 valence electrons. The fraction of sp³-hybridized carbons (Fsp3) is 0. The van der Waals surface area contributed by atoms with Gasteiger partial charge >= 0.3 is 0 Å². The number of phenols is 1. The van der Waals surface area contributed by atoms with E-state index >= 15 is 0 Å². The molecule has 0 heterocycles. The molecule has 0 fully saturated rings. The molecule has 2 aromatic carbocycles. The first-order valence-corrected chi connectivity index (χ1v) is 6.90. The molecular weight excluding hydrogens is 345 g/mol. The molecule has 0 aliphatic heterocycles. The highest BCUT2D eigenvalue weighted by atomic mass is 35.5. The van der Waals surface area contributed by atoms with Gasteiger partial charge in [0.1, 0.15) is 5.75 Å². The smallest absolute Gasteiger partial charge is 0.271 e. The summed E-state index contributed by atoms with van der Waals surface area (Å²) in [6.07, 6.45) is 1.18. The maximum absolute atomic E-state index is 11.8. The molecule has 0 saturated heterocycles. The van der Waals surface area contributed by atoms with E-state index in [4.69, 9.17) is 23.2 Å². The zero-order chi connectivity index (χ0) is 17.0. The topological polar surface area (TPSA) is 105 Å². The van der Waals surface area contributed by atoms with Crippen molar-refractivity contribution in [3.8, 4) is 5.75 Å². The van der Waals surface area contributed by atoms with Crippen LogP contribution in [0.5, 0.6) is 5.75 Å². The van der Waals surface area contributed by atoms with Crippen molar-refractivity contribution in [3.05, 3.63) is 67.7 Å². The molecule has 0 unspecified atom stereocenters. The largest absolute Gasteiger partial charge is 0.506 e. The number of non-ortho nitro benzene ring substituents is 1. The van der Waals surface area contributed by atoms with Crippen molar-refractivity contribution in [3.63, 3.8) is 0 Å². The third-order valence-electron chi connectivity index (χ3n) is 2.77. The van der Waals surface area contributed by atoms with E-state index in [0.717, 1.165) is 0 Å². The molecule has 7 nitrogen and oxygen atoms in total. The SMILES string of the molecule is O=C(N/N=C\c1cc(Cl)cc(Cl)c1O)c1ccc([N+](=O)[O-])cc1. The third-order valence-corrected chi connectivity index (χ3v) is 3.27. The number of halogens is 2. The van der Waals surface area contributed by atoms with Gasteiger partial charge in [-0.05, 0) is 24.3 Å². The van der Waals surface area contributed by atoms with Crippen molar-refractivity contribution in [2.24, 2.45) is 5.10 Å². The van der Waals surface area contributed by atoms with Crippen LogP contribution >= 0.6 is 23.2 Å². The maximum atomic E-state index is 11.8. The van der Waals surface area contributed by atoms with E-state index < -0.39 is 10.8 Å². The van der Waals surface area contributed by atoms with E-state index in [2.05, 4.69) is 10.5 Å². The highest BCUT2D eigenvalue weighted by Gasteiger charge is 2.09. The molecule has 0 aliphatic rings. The number of benzene rings is 2. The van der Waals surface area contributed by atoms with Crippen molar-refractivity contribution < 1.29 is 14.8 Å². The van der Waals surface area contributed by atoms with Crippen LogP contribution in [0.3, 0.4) is 0 Å². The summed E-state index contributed by atoms with van der Waals surface area (Å²) >= 11 is 11.6. The van der Waals surface area contributed by atoms with Gasteiger partial charge in [0.25, 0.3) is 11.6 Å². The van der Waals surface area contributed by atoms with E-state index in [1.54, 1.807) is 0 Å². The first-order chi connectivity index (χ1) is 10.9. The lowest BCUT2D eigenvalue weighted by atomic mass is 10.2. The number of amides is 1. The van der Waals surface area contributed by atoms with Crippen molar-refractivity contribution in [2.75, 3.05) is 0 Å². The molecule has 0 atom stereocenters. The van der Waals surface area contributed by atoms with Crippen LogP contribution in [0.4, 0.5) is 5.69 Å². The predicted octanol–water partition coefficient (Wildman–Crippen LogP) is 3.37. The van der Waals surface area contributed by atoms with Crippen molar-refractivity contribution >= 4 is 41.0 Å². The summed E-state index contributed by atoms with van der Waals surface area (Å²) in [5, 5.41) is 24.3. The standard InChI is InChI=1S/C14H9Cl2N3O4/c15-10-5-9(13(20)12(16)6-10)7-17-18-14(21)8-1-3-11(4-2-8)19(22)23/h1-7,20H,(H,18,21)/b17-7-. The second-order valence-corrected chi connectivity index (χ2v) is 5.17. The zero-order valence-electron chi connectivity index (χ0n) is 11.4. The van der Waals surface area contributed by atoms with E-state index in [-0.39, 0.29) is 27.6 Å². The fourth-order valence-electron chi connectivity index (χ4n) is 1.64. The first-order valence-electron chi connectivity index (χ1n) is 6.14. The number of hydrogen-bond donors (Lipinski definition) is 2. The van der Waals surface area contributed by atoms with Crippen LogP contribution in [0, 0.1) is 10.1 Å². The summed E-state index contributed by atoms with van der Waals surface area (Å²) in [6.45, 7) is 0. The first kappa shape index (κ1) is 16.7. The van der Waals surface area contributed by atoms with Gasteiger partial charge in [-0.3, -0.25) is 14.9 Å². The highest BCUT2D eigenvalue weighted by molar-refractivity contribution is 6.36. The normalized spacial score (nSPS) is 10.7. The Morgan fingerprint density at radius 2 is 1.91 bits per heavy atom. The van der Waals surface area contributed by atoms with Crippen LogP contribution in [-0.2, 0) is 0 Å². The average Bonchev–Trinajstić information content (AvgIpc) is 2.51. The fourth-order valence-corrected chi connectivity index (χ4v) is 2.15. The lowest BCUT2D eigenvalue weighted by Gasteiger charge is -2.03. The molecular formula is C14H9Cl2N3O4. The molecule has 0 saturated carbocycles. The number of carbonyl (C=O) groups is 1. The number of nitro groups is 1. The summed E-state index contributed by atoms with van der Waals surface area (Å²) < 4.78 is 0. The van der Waals surface area contributed by atoms with Gasteiger partial charge in [-0.15, -0.1) is 0 Å². The van der Waals surface area contributed by atoms with Gasteiger partial charge in [0.2, 0.25) is 0 Å². The number of nitrogens with zero attached hydrogens (tertiary/aromatic N) is 2. The molecule has 0 aliphatic carbocycles. The number of nitrogens with one attached hydrogen (secondary N) is 1. The van der Waals surface area contributed by atoms with E-state index in [0.29, 0.717) is 5.02 Å². The Balaban J connectivity index is 2.08. The van der Waals surface area contributed by atoms with Crippen LogP contribution < -0.4 is 5.43 Å². The molecule has 0 aromatic heterocycles. The van der Waals surface area contributed by atoms with Crippen molar-refractivity contribution in [1.82, 2.24) is 5.43 Å². The second kappa shape index (κ2) is 7.08. The molecule has 2 N–H and O–H groups in total. The quantitative estimate of drug-likeness (QED) is 0.499. The molecule has 9 heteroatoms. The minimum Gasteiger partial charge on any atom is -0.506 e. The Morgan fingerprint density at radius 3 is 2.52 bits per heavy atom. The Kier molecular flexibility index (Phi) is 5.15. The predicted molar refractivity (Wildman–Crippen MR) is 86.3 cm³/mol. The molecule has 2 rings (SSSR count). The van der Waals surface area contributed by atoms with Crippen LogP contribution in [-0.4, -0.2) is 22.2 Å². The van der Waals surface area contributed by atoms with Crippen molar-refractivity contribution in [1.29, 1.82) is 0 Å². The molecule has 0 radical (unpaired) electrons. The minimum absolute atomic E-state index is 0.0562. The molecule has 0 bridgehead atoms. The summed E-state index contributed by atoms with van der Waals surface area (Å²) in [5.41, 5.74) is 2.53. The summed E-state index contributed by atoms with van der Waals surface area (Å²) in [6, 6.07) is 7.81. The minimum atomic E-state index is -0.566. The monoisotopic (exact) mass is 353 g/mol. The Morgan fingerprint density at radius 1 is 1.26 bits per heavy atom. The lowest BCUT2D eigenvalue weighted by Crippen LogP contribution is -2.17. The number of rotatable bonds is 4. The van der Waals surface area contributed by atoms with Crippen LogP contribution in [0.15, 0.2) is 41.5 Å². The number of carbonyl (C=O) groups excluding carboxylic acids is 1. The Labute approximate surface area is 140 Å². The van der Waals surface area contributed by atoms with Gasteiger partial charge < -0.3 is 5.11 Å². The van der Waals surface area contributed by atoms with Gasteiger partial charge in [-0.25, -0.2) is 5.43 Å². The number of nitro benzene ring substituents is 1. The molecule has 1 amide bonds. The Hall–Kier alpha value is -2.64. The van der Waals surface area contributed by atoms with Crippen LogP contribution in [0.1, 0.15) is 15.9 Å². The van der Waals surface area contributed by atoms with E-state index in [9.17, 15) is 20.0 Å². The van der Waals surface area contributed by atoms with Crippen molar-refractivity contribution in [2.45, 2.75) is 0 Å². The highest BCUT2D eigenvalue weighted by Crippen LogP contribution is 2.29. The van der Waals surface area contributed by atoms with Gasteiger partial charge in [-0.2, -0.15) is 5.10 Å². The number of phenolic OH excluding ortho intramolecular Hbond substituents is 1. The third kappa shape index (κ3) is 4.18. The van der Waals surface area contributed by atoms with E-state index in [1.807, 2.05) is 0 Å². The molecule has 23 heavy (non-hydrogen) atoms. The Bertz CT molecular complexity index is 791.